The van der Waals surface area contributed by atoms with Crippen LogP contribution in [0.4, 0.5) is 0 Å². The summed E-state index contributed by atoms with van der Waals surface area (Å²) in [5.74, 6) is 0.234. The highest BCUT2D eigenvalue weighted by atomic mass is 16.3. The molecule has 9 heteroatoms. The van der Waals surface area contributed by atoms with Crippen LogP contribution >= 0.6 is 0 Å². The third kappa shape index (κ3) is 4.57. The maximum Gasteiger partial charge on any atom is 0.181 e. The standard InChI is InChI=1S/C31H33N7O2/c1-19(2)29-21(4)38(27-15-23-16-36(13-14-39)35-31(23)32-20(27)3)34-30(29)24-11-8-12-26-25(24)17-37(33-26)18-28(40)22-9-6-5-7-10-22/h5-12,15-17,19,28,39-40H,13-14,18H2,1-4H3/t28-/m0/s1. The van der Waals surface area contributed by atoms with Crippen molar-refractivity contribution in [1.82, 2.24) is 34.3 Å². The molecule has 2 N–H and O–H groups in total. The average Bonchev–Trinajstić information content (AvgIpc) is 3.62. The first-order valence-electron chi connectivity index (χ1n) is 13.6. The molecule has 0 spiro atoms. The average molecular weight is 536 g/mol. The van der Waals surface area contributed by atoms with E-state index in [0.717, 1.165) is 50.2 Å². The van der Waals surface area contributed by atoms with E-state index in [0.29, 0.717) is 18.7 Å². The SMILES string of the molecule is Cc1nc2nn(CCO)cc2cc1-n1nc(-c2cccc3nn(C[C@H](O)c4ccccc4)cc23)c(C(C)C)c1C. The lowest BCUT2D eigenvalue weighted by Crippen LogP contribution is -2.08. The van der Waals surface area contributed by atoms with Gasteiger partial charge in [-0.3, -0.25) is 9.36 Å². The van der Waals surface area contributed by atoms with E-state index in [9.17, 15) is 10.2 Å². The molecule has 1 atom stereocenters. The van der Waals surface area contributed by atoms with Crippen LogP contribution in [-0.2, 0) is 13.1 Å². The van der Waals surface area contributed by atoms with E-state index >= 15 is 0 Å². The molecule has 2 aromatic carbocycles. The molecule has 4 heterocycles. The molecule has 0 aliphatic carbocycles. The van der Waals surface area contributed by atoms with Crippen molar-refractivity contribution >= 4 is 21.9 Å². The maximum atomic E-state index is 10.8. The number of aromatic nitrogens is 7. The number of fused-ring (bicyclic) bond motifs is 2. The topological polar surface area (TPSA) is 107 Å². The fourth-order valence-electron chi connectivity index (χ4n) is 5.50. The molecule has 204 valence electrons. The van der Waals surface area contributed by atoms with Gasteiger partial charge in [0, 0.05) is 40.0 Å². The summed E-state index contributed by atoms with van der Waals surface area (Å²) in [5.41, 5.74) is 8.24. The number of nitrogens with zero attached hydrogens (tertiary/aromatic N) is 7. The Morgan fingerprint density at radius 2 is 1.70 bits per heavy atom. The second kappa shape index (κ2) is 10.3. The fourth-order valence-corrected chi connectivity index (χ4v) is 5.50. The lowest BCUT2D eigenvalue weighted by Gasteiger charge is -2.10. The van der Waals surface area contributed by atoms with Crippen LogP contribution in [-0.4, -0.2) is 51.1 Å². The van der Waals surface area contributed by atoms with Crippen molar-refractivity contribution in [2.75, 3.05) is 6.61 Å². The Morgan fingerprint density at radius 3 is 2.45 bits per heavy atom. The summed E-state index contributed by atoms with van der Waals surface area (Å²) < 4.78 is 5.52. The largest absolute Gasteiger partial charge is 0.394 e. The minimum Gasteiger partial charge on any atom is -0.394 e. The first kappa shape index (κ1) is 25.9. The van der Waals surface area contributed by atoms with Gasteiger partial charge < -0.3 is 10.2 Å². The lowest BCUT2D eigenvalue weighted by molar-refractivity contribution is 0.152. The lowest BCUT2D eigenvalue weighted by atomic mass is 9.95. The highest BCUT2D eigenvalue weighted by molar-refractivity contribution is 5.94. The quantitative estimate of drug-likeness (QED) is 0.281. The molecule has 9 nitrogen and oxygen atoms in total. The van der Waals surface area contributed by atoms with Crippen LogP contribution in [0.15, 0.2) is 67.0 Å². The van der Waals surface area contributed by atoms with Gasteiger partial charge in [-0.25, -0.2) is 9.67 Å². The van der Waals surface area contributed by atoms with Crippen molar-refractivity contribution < 1.29 is 10.2 Å². The highest BCUT2D eigenvalue weighted by Crippen LogP contribution is 2.37. The van der Waals surface area contributed by atoms with E-state index < -0.39 is 6.10 Å². The van der Waals surface area contributed by atoms with Crippen LogP contribution in [0.5, 0.6) is 0 Å². The zero-order chi connectivity index (χ0) is 28.0. The second-order valence-corrected chi connectivity index (χ2v) is 10.6. The molecule has 6 rings (SSSR count). The van der Waals surface area contributed by atoms with Crippen molar-refractivity contribution in [3.05, 3.63) is 89.5 Å². The predicted molar refractivity (Wildman–Crippen MR) is 155 cm³/mol. The second-order valence-electron chi connectivity index (χ2n) is 10.6. The normalized spacial score (nSPS) is 12.7. The molecule has 0 unspecified atom stereocenters. The summed E-state index contributed by atoms with van der Waals surface area (Å²) in [4.78, 5) is 4.75. The van der Waals surface area contributed by atoms with Gasteiger partial charge in [0.1, 0.15) is 0 Å². The molecule has 0 saturated heterocycles. The van der Waals surface area contributed by atoms with Crippen LogP contribution in [0.25, 0.3) is 38.9 Å². The van der Waals surface area contributed by atoms with Crippen LogP contribution in [0.2, 0.25) is 0 Å². The van der Waals surface area contributed by atoms with Gasteiger partial charge in [-0.05, 0) is 37.5 Å². The summed E-state index contributed by atoms with van der Waals surface area (Å²) in [7, 11) is 0. The summed E-state index contributed by atoms with van der Waals surface area (Å²) >= 11 is 0. The van der Waals surface area contributed by atoms with Crippen LogP contribution < -0.4 is 0 Å². The highest BCUT2D eigenvalue weighted by Gasteiger charge is 2.23. The number of hydrogen-bond donors (Lipinski definition) is 2. The van der Waals surface area contributed by atoms with E-state index in [1.165, 1.54) is 5.56 Å². The predicted octanol–water partition coefficient (Wildman–Crippen LogP) is 5.10. The van der Waals surface area contributed by atoms with Gasteiger partial charge in [-0.2, -0.15) is 15.3 Å². The molecule has 6 aromatic rings. The number of benzene rings is 2. The van der Waals surface area contributed by atoms with Crippen molar-refractivity contribution in [3.63, 3.8) is 0 Å². The van der Waals surface area contributed by atoms with Crippen molar-refractivity contribution in [3.8, 4) is 16.9 Å². The van der Waals surface area contributed by atoms with E-state index in [1.54, 1.807) is 4.68 Å². The Kier molecular flexibility index (Phi) is 6.69. The Balaban J connectivity index is 1.44. The molecule has 0 radical (unpaired) electrons. The smallest absolute Gasteiger partial charge is 0.181 e. The van der Waals surface area contributed by atoms with Crippen molar-refractivity contribution in [2.45, 2.75) is 52.8 Å². The molecule has 0 bridgehead atoms. The van der Waals surface area contributed by atoms with E-state index in [4.69, 9.17) is 15.2 Å². The zero-order valence-electron chi connectivity index (χ0n) is 23.2. The van der Waals surface area contributed by atoms with Crippen molar-refractivity contribution in [2.24, 2.45) is 0 Å². The van der Waals surface area contributed by atoms with Gasteiger partial charge in [0.05, 0.1) is 48.4 Å². The van der Waals surface area contributed by atoms with Gasteiger partial charge in [-0.15, -0.1) is 0 Å². The van der Waals surface area contributed by atoms with Gasteiger partial charge in [0.25, 0.3) is 0 Å². The monoisotopic (exact) mass is 535 g/mol. The molecular formula is C31H33N7O2. The number of aliphatic hydroxyl groups excluding tert-OH is 2. The van der Waals surface area contributed by atoms with E-state index in [-0.39, 0.29) is 12.5 Å². The molecular weight excluding hydrogens is 502 g/mol. The van der Waals surface area contributed by atoms with Crippen LogP contribution in [0.3, 0.4) is 0 Å². The third-order valence-electron chi connectivity index (χ3n) is 7.40. The van der Waals surface area contributed by atoms with Gasteiger partial charge in [0.15, 0.2) is 5.65 Å². The van der Waals surface area contributed by atoms with Crippen molar-refractivity contribution in [1.29, 1.82) is 0 Å². The molecule has 0 amide bonds. The number of pyridine rings is 1. The summed E-state index contributed by atoms with van der Waals surface area (Å²) in [5, 5.41) is 36.4. The van der Waals surface area contributed by atoms with Crippen LogP contribution in [0, 0.1) is 13.8 Å². The molecule has 0 aliphatic rings. The molecule has 0 saturated carbocycles. The Bertz CT molecular complexity index is 1810. The number of aliphatic hydroxyl groups is 2. The van der Waals surface area contributed by atoms with Gasteiger partial charge >= 0.3 is 0 Å². The molecule has 0 fully saturated rings. The first-order chi connectivity index (χ1) is 19.3. The van der Waals surface area contributed by atoms with E-state index in [1.807, 2.05) is 71.1 Å². The first-order valence-corrected chi connectivity index (χ1v) is 13.6. The zero-order valence-corrected chi connectivity index (χ0v) is 23.2. The minimum atomic E-state index is -0.654. The van der Waals surface area contributed by atoms with E-state index in [2.05, 4.69) is 38.0 Å². The summed E-state index contributed by atoms with van der Waals surface area (Å²) in [6.07, 6.45) is 3.26. The number of aryl methyl sites for hydroxylation is 1. The third-order valence-corrected chi connectivity index (χ3v) is 7.40. The fraction of sp³-hybridized carbons (Fsp3) is 0.290. The Hall–Kier alpha value is -4.34. The van der Waals surface area contributed by atoms with Gasteiger partial charge in [0.2, 0.25) is 0 Å². The van der Waals surface area contributed by atoms with Crippen LogP contribution in [0.1, 0.15) is 48.4 Å². The van der Waals surface area contributed by atoms with Gasteiger partial charge in [-0.1, -0.05) is 56.3 Å². The summed E-state index contributed by atoms with van der Waals surface area (Å²) in [6.45, 7) is 9.25. The minimum absolute atomic E-state index is 0.0204. The Labute approximate surface area is 232 Å². The Morgan fingerprint density at radius 1 is 0.900 bits per heavy atom. The number of rotatable bonds is 8. The molecule has 0 aliphatic heterocycles. The number of hydrogen-bond acceptors (Lipinski definition) is 6. The summed E-state index contributed by atoms with van der Waals surface area (Å²) in [6, 6.07) is 17.8. The molecule has 4 aromatic heterocycles. The maximum absolute atomic E-state index is 10.8. The molecule has 40 heavy (non-hydrogen) atoms.